The minimum Gasteiger partial charge on any atom is -0.368 e. The summed E-state index contributed by atoms with van der Waals surface area (Å²) in [5, 5.41) is 3.69. The van der Waals surface area contributed by atoms with Crippen LogP contribution < -0.4 is 11.1 Å². The maximum absolute atomic E-state index is 12.3. The van der Waals surface area contributed by atoms with Crippen molar-refractivity contribution in [2.45, 2.75) is 19.5 Å². The highest BCUT2D eigenvalue weighted by molar-refractivity contribution is 5.90. The average molecular weight is 321 g/mol. The Morgan fingerprint density at radius 2 is 1.75 bits per heavy atom. The molecule has 0 spiro atoms. The molecule has 3 rings (SSSR count). The number of nitrogens with zero attached hydrogens (tertiary/aromatic N) is 1. The summed E-state index contributed by atoms with van der Waals surface area (Å²) in [5.41, 5.74) is 8.17. The number of primary amides is 1. The normalized spacial score (nSPS) is 12.0. The maximum Gasteiger partial charge on any atom is 0.240 e. The first kappa shape index (κ1) is 15.8. The largest absolute Gasteiger partial charge is 0.368 e. The topological polar surface area (TPSA) is 77.1 Å². The molecule has 0 radical (unpaired) electrons. The minimum atomic E-state index is -0.695. The van der Waals surface area contributed by atoms with Crippen LogP contribution >= 0.6 is 0 Å². The molecule has 3 aromatic rings. The van der Waals surface area contributed by atoms with Crippen LogP contribution in [0.25, 0.3) is 22.2 Å². The summed E-state index contributed by atoms with van der Waals surface area (Å²) in [4.78, 5) is 23.5. The van der Waals surface area contributed by atoms with E-state index in [9.17, 15) is 9.59 Å². The summed E-state index contributed by atoms with van der Waals surface area (Å²) in [6, 6.07) is 19.2. The molecule has 24 heavy (non-hydrogen) atoms. The Morgan fingerprint density at radius 3 is 2.46 bits per heavy atom. The zero-order valence-corrected chi connectivity index (χ0v) is 13.4. The second-order valence-corrected chi connectivity index (χ2v) is 5.73. The van der Waals surface area contributed by atoms with Crippen LogP contribution in [-0.2, 0) is 16.1 Å². The van der Waals surface area contributed by atoms with Crippen LogP contribution in [0, 0.1) is 0 Å². The van der Waals surface area contributed by atoms with Crippen molar-refractivity contribution in [3.8, 4) is 11.3 Å². The van der Waals surface area contributed by atoms with Crippen molar-refractivity contribution in [1.82, 2.24) is 9.88 Å². The number of rotatable bonds is 5. The minimum absolute atomic E-state index is 0.120. The second-order valence-electron chi connectivity index (χ2n) is 5.73. The Labute approximate surface area is 140 Å². The number of benzene rings is 2. The Balaban J connectivity index is 1.99. The van der Waals surface area contributed by atoms with Gasteiger partial charge in [0.1, 0.15) is 12.6 Å². The van der Waals surface area contributed by atoms with Crippen molar-refractivity contribution in [2.24, 2.45) is 5.73 Å². The van der Waals surface area contributed by atoms with E-state index in [4.69, 9.17) is 5.73 Å². The molecular weight excluding hydrogens is 302 g/mol. The quantitative estimate of drug-likeness (QED) is 0.756. The van der Waals surface area contributed by atoms with Crippen LogP contribution in [-0.4, -0.2) is 22.4 Å². The molecule has 5 nitrogen and oxygen atoms in total. The van der Waals surface area contributed by atoms with E-state index in [1.165, 1.54) is 0 Å². The molecule has 3 N–H and O–H groups in total. The fourth-order valence-electron chi connectivity index (χ4n) is 2.73. The summed E-state index contributed by atoms with van der Waals surface area (Å²) in [6.45, 7) is 1.70. The van der Waals surface area contributed by atoms with Crippen molar-refractivity contribution >= 4 is 22.7 Å². The average Bonchev–Trinajstić information content (AvgIpc) is 2.94. The van der Waals surface area contributed by atoms with Crippen molar-refractivity contribution in [1.29, 1.82) is 0 Å². The van der Waals surface area contributed by atoms with Crippen LogP contribution in [0.3, 0.4) is 0 Å². The number of carbonyl (C=O) groups is 2. The van der Waals surface area contributed by atoms with Gasteiger partial charge < -0.3 is 15.6 Å². The first-order chi connectivity index (χ1) is 11.6. The van der Waals surface area contributed by atoms with Gasteiger partial charge in [0.25, 0.3) is 0 Å². The summed E-state index contributed by atoms with van der Waals surface area (Å²) in [6.07, 6.45) is 0. The molecule has 0 bridgehead atoms. The first-order valence-corrected chi connectivity index (χ1v) is 7.78. The van der Waals surface area contributed by atoms with Crippen molar-refractivity contribution < 1.29 is 9.59 Å². The van der Waals surface area contributed by atoms with E-state index in [0.717, 1.165) is 22.2 Å². The zero-order valence-electron chi connectivity index (χ0n) is 13.4. The third-order valence-electron chi connectivity index (χ3n) is 3.99. The van der Waals surface area contributed by atoms with Gasteiger partial charge in [0.2, 0.25) is 11.8 Å². The molecule has 0 saturated carbocycles. The van der Waals surface area contributed by atoms with E-state index >= 15 is 0 Å². The third-order valence-corrected chi connectivity index (χ3v) is 3.99. The van der Waals surface area contributed by atoms with Gasteiger partial charge >= 0.3 is 0 Å². The Morgan fingerprint density at radius 1 is 1.08 bits per heavy atom. The van der Waals surface area contributed by atoms with Gasteiger partial charge in [-0.15, -0.1) is 0 Å². The lowest BCUT2D eigenvalue weighted by molar-refractivity contribution is -0.127. The van der Waals surface area contributed by atoms with Gasteiger partial charge in [-0.3, -0.25) is 9.59 Å². The van der Waals surface area contributed by atoms with Gasteiger partial charge in [-0.1, -0.05) is 48.5 Å². The van der Waals surface area contributed by atoms with Crippen LogP contribution in [0.5, 0.6) is 0 Å². The molecule has 2 amide bonds. The monoisotopic (exact) mass is 321 g/mol. The molecule has 1 heterocycles. The standard InChI is InChI=1S/C19H19N3O2/c1-13(19(20)24)21-18(23)12-22-16-10-6-5-9-15(16)11-17(22)14-7-3-2-4-8-14/h2-11,13H,12H2,1H3,(H2,20,24)(H,21,23). The number of carbonyl (C=O) groups excluding carboxylic acids is 2. The van der Waals surface area contributed by atoms with E-state index in [2.05, 4.69) is 11.4 Å². The molecule has 0 aliphatic heterocycles. The Hall–Kier alpha value is -3.08. The summed E-state index contributed by atoms with van der Waals surface area (Å²) in [5.74, 6) is -0.802. The molecular formula is C19H19N3O2. The molecule has 0 saturated heterocycles. The highest BCUT2D eigenvalue weighted by Crippen LogP contribution is 2.28. The summed E-state index contributed by atoms with van der Waals surface area (Å²) >= 11 is 0. The Bertz CT molecular complexity index is 884. The molecule has 1 unspecified atom stereocenters. The van der Waals surface area contributed by atoms with E-state index < -0.39 is 11.9 Å². The highest BCUT2D eigenvalue weighted by Gasteiger charge is 2.16. The highest BCUT2D eigenvalue weighted by atomic mass is 16.2. The van der Waals surface area contributed by atoms with Gasteiger partial charge in [0, 0.05) is 16.6 Å². The SMILES string of the molecule is CC(NC(=O)Cn1c(-c2ccccc2)cc2ccccc21)C(N)=O. The predicted octanol–water partition coefficient (Wildman–Crippen LogP) is 2.30. The molecule has 2 aromatic carbocycles. The number of hydrogen-bond donors (Lipinski definition) is 2. The molecule has 0 aliphatic rings. The molecule has 0 fully saturated rings. The molecule has 0 aliphatic carbocycles. The number of hydrogen-bond acceptors (Lipinski definition) is 2. The lowest BCUT2D eigenvalue weighted by atomic mass is 10.1. The number of fused-ring (bicyclic) bond motifs is 1. The van der Waals surface area contributed by atoms with Gasteiger partial charge in [-0.25, -0.2) is 0 Å². The molecule has 122 valence electrons. The van der Waals surface area contributed by atoms with Gasteiger partial charge in [-0.05, 0) is 24.6 Å². The fourth-order valence-corrected chi connectivity index (χ4v) is 2.73. The van der Waals surface area contributed by atoms with Crippen LogP contribution in [0.2, 0.25) is 0 Å². The van der Waals surface area contributed by atoms with Crippen LogP contribution in [0.15, 0.2) is 60.7 Å². The van der Waals surface area contributed by atoms with Crippen molar-refractivity contribution in [3.63, 3.8) is 0 Å². The predicted molar refractivity (Wildman–Crippen MR) is 94.2 cm³/mol. The maximum atomic E-state index is 12.3. The first-order valence-electron chi connectivity index (χ1n) is 7.78. The third kappa shape index (κ3) is 3.15. The fraction of sp³-hybridized carbons (Fsp3) is 0.158. The lowest BCUT2D eigenvalue weighted by Crippen LogP contribution is -2.43. The van der Waals surface area contributed by atoms with Gasteiger partial charge in [0.05, 0.1) is 0 Å². The number of aromatic nitrogens is 1. The number of nitrogens with two attached hydrogens (primary N) is 1. The molecule has 1 atom stereocenters. The van der Waals surface area contributed by atoms with E-state index in [0.29, 0.717) is 0 Å². The second kappa shape index (κ2) is 6.58. The number of nitrogens with one attached hydrogen (secondary N) is 1. The zero-order chi connectivity index (χ0) is 17.1. The van der Waals surface area contributed by atoms with Crippen molar-refractivity contribution in [3.05, 3.63) is 60.7 Å². The van der Waals surface area contributed by atoms with Crippen LogP contribution in [0.1, 0.15) is 6.92 Å². The summed E-state index contributed by atoms with van der Waals surface area (Å²) < 4.78 is 1.95. The lowest BCUT2D eigenvalue weighted by Gasteiger charge is -2.14. The van der Waals surface area contributed by atoms with Gasteiger partial charge in [-0.2, -0.15) is 0 Å². The van der Waals surface area contributed by atoms with Gasteiger partial charge in [0.15, 0.2) is 0 Å². The smallest absolute Gasteiger partial charge is 0.240 e. The van der Waals surface area contributed by atoms with E-state index in [1.54, 1.807) is 6.92 Å². The van der Waals surface area contributed by atoms with Crippen molar-refractivity contribution in [2.75, 3.05) is 0 Å². The number of para-hydroxylation sites is 1. The summed E-state index contributed by atoms with van der Waals surface area (Å²) in [7, 11) is 0. The molecule has 1 aromatic heterocycles. The van der Waals surface area contributed by atoms with Crippen LogP contribution in [0.4, 0.5) is 0 Å². The molecule has 5 heteroatoms. The Kier molecular flexibility index (Phi) is 4.33. The number of amides is 2. The van der Waals surface area contributed by atoms with E-state index in [1.807, 2.05) is 59.2 Å². The van der Waals surface area contributed by atoms with E-state index in [-0.39, 0.29) is 12.5 Å².